The molecule has 0 radical (unpaired) electrons. The molecule has 7 aromatic carbocycles. The van der Waals surface area contributed by atoms with E-state index in [0.717, 1.165) is 45.0 Å². The second-order valence-corrected chi connectivity index (χ2v) is 15.1. The van der Waals surface area contributed by atoms with Gasteiger partial charge >= 0.3 is 0 Å². The summed E-state index contributed by atoms with van der Waals surface area (Å²) in [5.41, 5.74) is 15.1. The van der Waals surface area contributed by atoms with Gasteiger partial charge in [-0.2, -0.15) is 0 Å². The fourth-order valence-electron chi connectivity index (χ4n) is 8.87. The maximum absolute atomic E-state index is 4.41. The van der Waals surface area contributed by atoms with Crippen LogP contribution in [0.4, 0.5) is 17.1 Å². The minimum Gasteiger partial charge on any atom is -0.316 e. The van der Waals surface area contributed by atoms with Gasteiger partial charge in [-0.1, -0.05) is 80.6 Å². The third kappa shape index (κ3) is 4.92. The highest BCUT2D eigenvalue weighted by Crippen LogP contribution is 2.51. The van der Waals surface area contributed by atoms with E-state index in [0.29, 0.717) is 5.82 Å². The highest BCUT2D eigenvalue weighted by Gasteiger charge is 2.35. The van der Waals surface area contributed by atoms with Crippen LogP contribution >= 0.6 is 0 Å². The first-order chi connectivity index (χ1) is 27.5. The Morgan fingerprint density at radius 3 is 1.93 bits per heavy atom. The minimum atomic E-state index is -0.134. The third-order valence-corrected chi connectivity index (χ3v) is 11.6. The van der Waals surface area contributed by atoms with E-state index in [9.17, 15) is 0 Å². The van der Waals surface area contributed by atoms with Crippen LogP contribution in [0.3, 0.4) is 0 Å². The SMILES string of the molecule is CC1(C)c2ccccc2-c2ccc(N(c3ccc(-c4ncncn4)cc3)c3ccc4c(c3)c3cc5ccn(-c6ccccc6)c5cc3n4-c3ccccc3)cc21. The number of para-hydroxylation sites is 2. The molecule has 1 aliphatic carbocycles. The lowest BCUT2D eigenvalue weighted by Crippen LogP contribution is -2.16. The van der Waals surface area contributed by atoms with Crippen LogP contribution in [0.2, 0.25) is 0 Å². The van der Waals surface area contributed by atoms with E-state index in [1.165, 1.54) is 43.9 Å². The van der Waals surface area contributed by atoms with E-state index in [2.05, 4.69) is 213 Å². The van der Waals surface area contributed by atoms with Crippen molar-refractivity contribution in [2.75, 3.05) is 4.90 Å². The van der Waals surface area contributed by atoms with Crippen molar-refractivity contribution in [1.82, 2.24) is 24.1 Å². The van der Waals surface area contributed by atoms with Crippen molar-refractivity contribution in [2.45, 2.75) is 19.3 Å². The lowest BCUT2D eigenvalue weighted by atomic mass is 9.82. The van der Waals surface area contributed by atoms with Gasteiger partial charge in [0.1, 0.15) is 12.7 Å². The molecule has 0 unspecified atom stereocenters. The predicted molar refractivity (Wildman–Crippen MR) is 229 cm³/mol. The van der Waals surface area contributed by atoms with Crippen molar-refractivity contribution in [2.24, 2.45) is 0 Å². The van der Waals surface area contributed by atoms with Crippen LogP contribution in [0.15, 0.2) is 183 Å². The van der Waals surface area contributed by atoms with E-state index in [4.69, 9.17) is 0 Å². The van der Waals surface area contributed by atoms with Crippen LogP contribution < -0.4 is 4.90 Å². The lowest BCUT2D eigenvalue weighted by molar-refractivity contribution is 0.660. The van der Waals surface area contributed by atoms with Gasteiger partial charge in [0.15, 0.2) is 5.82 Å². The molecule has 0 saturated carbocycles. The standard InChI is InChI=1S/C50H36N6/c1-50(2)44-16-10-9-15-40(44)41-23-21-39(29-45(41)50)55(37-19-17-33(18-20-37)49-52-31-51-32-53-49)38-22-24-46-43(28-38)42-27-34-25-26-54(35-11-5-3-6-12-35)47(34)30-48(42)56(46)36-13-7-4-8-14-36/h3-32H,1-2H3. The van der Waals surface area contributed by atoms with Crippen LogP contribution in [-0.4, -0.2) is 24.1 Å². The number of anilines is 3. The summed E-state index contributed by atoms with van der Waals surface area (Å²) in [6, 6.07) is 59.4. The number of fused-ring (bicyclic) bond motifs is 7. The van der Waals surface area contributed by atoms with Crippen LogP contribution in [0, 0.1) is 0 Å². The van der Waals surface area contributed by atoms with E-state index < -0.39 is 0 Å². The fraction of sp³-hybridized carbons (Fsp3) is 0.0600. The smallest absolute Gasteiger partial charge is 0.162 e. The molecule has 6 heteroatoms. The van der Waals surface area contributed by atoms with Gasteiger partial charge in [0, 0.05) is 61.8 Å². The largest absolute Gasteiger partial charge is 0.316 e. The summed E-state index contributed by atoms with van der Waals surface area (Å²) in [5.74, 6) is 0.651. The lowest BCUT2D eigenvalue weighted by Gasteiger charge is -2.28. The van der Waals surface area contributed by atoms with Crippen LogP contribution in [0.25, 0.3) is 66.6 Å². The Labute approximate surface area is 324 Å². The molecule has 0 N–H and O–H groups in total. The summed E-state index contributed by atoms with van der Waals surface area (Å²) < 4.78 is 4.68. The van der Waals surface area contributed by atoms with Gasteiger partial charge in [0.25, 0.3) is 0 Å². The fourth-order valence-corrected chi connectivity index (χ4v) is 8.87. The van der Waals surface area contributed by atoms with Gasteiger partial charge in [0.05, 0.1) is 16.6 Å². The summed E-state index contributed by atoms with van der Waals surface area (Å²) in [7, 11) is 0. The van der Waals surface area contributed by atoms with Crippen LogP contribution in [0.1, 0.15) is 25.0 Å². The second-order valence-electron chi connectivity index (χ2n) is 15.1. The molecule has 3 heterocycles. The zero-order valence-corrected chi connectivity index (χ0v) is 31.0. The van der Waals surface area contributed by atoms with E-state index in [1.54, 1.807) is 12.7 Å². The number of hydrogen-bond donors (Lipinski definition) is 0. The normalized spacial score (nSPS) is 13.0. The van der Waals surface area contributed by atoms with Crippen LogP contribution in [0.5, 0.6) is 0 Å². The first-order valence-corrected chi connectivity index (χ1v) is 19.0. The molecule has 0 spiro atoms. The minimum absolute atomic E-state index is 0.134. The average molecular weight is 721 g/mol. The first kappa shape index (κ1) is 32.1. The molecule has 266 valence electrons. The predicted octanol–water partition coefficient (Wildman–Crippen LogP) is 12.4. The Bertz CT molecular complexity index is 3090. The van der Waals surface area contributed by atoms with Crippen molar-refractivity contribution >= 4 is 49.8 Å². The summed E-state index contributed by atoms with van der Waals surface area (Å²) >= 11 is 0. The average Bonchev–Trinajstić information content (AvgIpc) is 3.89. The molecule has 0 atom stereocenters. The molecule has 3 aromatic heterocycles. The summed E-state index contributed by atoms with van der Waals surface area (Å²) in [6.45, 7) is 4.68. The van der Waals surface area contributed by atoms with Crippen molar-refractivity contribution in [1.29, 1.82) is 0 Å². The zero-order chi connectivity index (χ0) is 37.4. The van der Waals surface area contributed by atoms with Gasteiger partial charge in [-0.15, -0.1) is 0 Å². The molecule has 0 aliphatic heterocycles. The van der Waals surface area contributed by atoms with E-state index in [1.807, 2.05) is 0 Å². The molecule has 0 fully saturated rings. The summed E-state index contributed by atoms with van der Waals surface area (Å²) in [5, 5.41) is 3.60. The van der Waals surface area contributed by atoms with Gasteiger partial charge in [0.2, 0.25) is 0 Å². The van der Waals surface area contributed by atoms with Crippen molar-refractivity contribution in [3.05, 3.63) is 194 Å². The topological polar surface area (TPSA) is 51.8 Å². The molecule has 10 aromatic rings. The summed E-state index contributed by atoms with van der Waals surface area (Å²) in [6.07, 6.45) is 5.26. The Morgan fingerprint density at radius 1 is 0.500 bits per heavy atom. The Hall–Kier alpha value is -7.31. The van der Waals surface area contributed by atoms with Gasteiger partial charge in [-0.25, -0.2) is 15.0 Å². The highest BCUT2D eigenvalue weighted by atomic mass is 15.1. The molecule has 0 amide bonds. The molecular formula is C50H36N6. The molecule has 0 bridgehead atoms. The third-order valence-electron chi connectivity index (χ3n) is 11.6. The Morgan fingerprint density at radius 2 is 1.14 bits per heavy atom. The first-order valence-electron chi connectivity index (χ1n) is 19.0. The molecular weight excluding hydrogens is 685 g/mol. The number of aromatic nitrogens is 5. The van der Waals surface area contributed by atoms with Gasteiger partial charge < -0.3 is 14.0 Å². The maximum atomic E-state index is 4.41. The van der Waals surface area contributed by atoms with Crippen molar-refractivity contribution in [3.63, 3.8) is 0 Å². The van der Waals surface area contributed by atoms with Gasteiger partial charge in [-0.05, 0) is 119 Å². The van der Waals surface area contributed by atoms with E-state index >= 15 is 0 Å². The van der Waals surface area contributed by atoms with Gasteiger partial charge in [-0.3, -0.25) is 0 Å². The second kappa shape index (κ2) is 12.4. The van der Waals surface area contributed by atoms with Crippen molar-refractivity contribution < 1.29 is 0 Å². The number of nitrogens with zero attached hydrogens (tertiary/aromatic N) is 6. The number of hydrogen-bond acceptors (Lipinski definition) is 4. The summed E-state index contributed by atoms with van der Waals surface area (Å²) in [4.78, 5) is 15.2. The molecule has 56 heavy (non-hydrogen) atoms. The van der Waals surface area contributed by atoms with Crippen molar-refractivity contribution in [3.8, 4) is 33.9 Å². The number of rotatable bonds is 6. The Kier molecular flexibility index (Phi) is 7.10. The Balaban J connectivity index is 1.13. The molecule has 6 nitrogen and oxygen atoms in total. The quantitative estimate of drug-likeness (QED) is 0.172. The van der Waals surface area contributed by atoms with E-state index in [-0.39, 0.29) is 5.41 Å². The monoisotopic (exact) mass is 720 g/mol. The highest BCUT2D eigenvalue weighted by molar-refractivity contribution is 6.14. The van der Waals surface area contributed by atoms with Crippen LogP contribution in [-0.2, 0) is 5.41 Å². The maximum Gasteiger partial charge on any atom is 0.162 e. The number of benzene rings is 7. The molecule has 0 saturated heterocycles. The molecule has 11 rings (SSSR count). The molecule has 1 aliphatic rings. The zero-order valence-electron chi connectivity index (χ0n) is 31.0.